The van der Waals surface area contributed by atoms with Crippen molar-refractivity contribution in [3.05, 3.63) is 79.7 Å². The van der Waals surface area contributed by atoms with Crippen LogP contribution in [0.2, 0.25) is 0 Å². The molecule has 9 heteroatoms. The summed E-state index contributed by atoms with van der Waals surface area (Å²) in [5.41, 5.74) is 0.327. The Labute approximate surface area is 183 Å². The number of amides is 1. The first-order valence-electron chi connectivity index (χ1n) is 9.76. The number of nitro groups is 1. The van der Waals surface area contributed by atoms with Gasteiger partial charge in [0.25, 0.3) is 5.69 Å². The number of nitrogens with zero attached hydrogens (tertiary/aromatic N) is 1. The van der Waals surface area contributed by atoms with E-state index in [1.165, 1.54) is 31.2 Å². The summed E-state index contributed by atoms with van der Waals surface area (Å²) in [4.78, 5) is 46.7. The molecule has 0 fully saturated rings. The summed E-state index contributed by atoms with van der Waals surface area (Å²) in [5, 5.41) is 14.6. The van der Waals surface area contributed by atoms with E-state index in [0.29, 0.717) is 22.2 Å². The van der Waals surface area contributed by atoms with Crippen molar-refractivity contribution in [2.24, 2.45) is 0 Å². The van der Waals surface area contributed by atoms with Crippen molar-refractivity contribution in [1.29, 1.82) is 0 Å². The highest BCUT2D eigenvalue weighted by Gasteiger charge is 2.26. The molecule has 32 heavy (non-hydrogen) atoms. The molecule has 3 aromatic rings. The Hall–Kier alpha value is -4.01. The number of fused-ring (bicyclic) bond motifs is 1. The van der Waals surface area contributed by atoms with Gasteiger partial charge in [-0.2, -0.15) is 0 Å². The van der Waals surface area contributed by atoms with E-state index in [1.54, 1.807) is 18.2 Å². The summed E-state index contributed by atoms with van der Waals surface area (Å²) in [6.45, 7) is 6.65. The van der Waals surface area contributed by atoms with Gasteiger partial charge >= 0.3 is 11.6 Å². The van der Waals surface area contributed by atoms with Gasteiger partial charge in [-0.15, -0.1) is 0 Å². The third-order valence-electron chi connectivity index (χ3n) is 4.75. The predicted molar refractivity (Wildman–Crippen MR) is 118 cm³/mol. The Kier molecular flexibility index (Phi) is 6.11. The van der Waals surface area contributed by atoms with E-state index in [4.69, 9.17) is 9.15 Å². The highest BCUT2D eigenvalue weighted by molar-refractivity contribution is 5.93. The van der Waals surface area contributed by atoms with Gasteiger partial charge in [0.2, 0.25) is 5.91 Å². The number of rotatable bonds is 5. The molecule has 0 aliphatic rings. The van der Waals surface area contributed by atoms with Gasteiger partial charge < -0.3 is 14.5 Å². The Morgan fingerprint density at radius 3 is 2.47 bits per heavy atom. The van der Waals surface area contributed by atoms with E-state index in [9.17, 15) is 24.5 Å². The van der Waals surface area contributed by atoms with Crippen LogP contribution in [0.25, 0.3) is 11.0 Å². The number of carbonyl (C=O) groups excluding carboxylic acids is 2. The monoisotopic (exact) mass is 438 g/mol. The molecule has 1 amide bonds. The van der Waals surface area contributed by atoms with E-state index >= 15 is 0 Å². The van der Waals surface area contributed by atoms with Crippen LogP contribution in [0.3, 0.4) is 0 Å². The van der Waals surface area contributed by atoms with Crippen molar-refractivity contribution in [3.8, 4) is 0 Å². The second-order valence-corrected chi connectivity index (χ2v) is 8.30. The maximum Gasteiger partial charge on any atom is 0.338 e. The molecule has 0 aliphatic carbocycles. The molecule has 0 bridgehead atoms. The molecular weight excluding hydrogens is 416 g/mol. The number of anilines is 1. The lowest BCUT2D eigenvalue weighted by atomic mass is 9.85. The molecule has 0 spiro atoms. The highest BCUT2D eigenvalue weighted by atomic mass is 16.6. The second kappa shape index (κ2) is 8.62. The summed E-state index contributed by atoms with van der Waals surface area (Å²) in [5.74, 6) is -1.03. The van der Waals surface area contributed by atoms with Crippen LogP contribution in [-0.4, -0.2) is 16.8 Å². The largest absolute Gasteiger partial charge is 0.457 e. The number of nitrogens with one attached hydrogen (secondary N) is 1. The van der Waals surface area contributed by atoms with Gasteiger partial charge in [-0.25, -0.2) is 9.59 Å². The van der Waals surface area contributed by atoms with Crippen molar-refractivity contribution >= 4 is 34.2 Å². The first kappa shape index (κ1) is 22.7. The van der Waals surface area contributed by atoms with E-state index in [1.807, 2.05) is 20.8 Å². The summed E-state index contributed by atoms with van der Waals surface area (Å²) in [6, 6.07) is 10.2. The number of esters is 1. The molecule has 166 valence electrons. The number of carbonyl (C=O) groups is 2. The summed E-state index contributed by atoms with van der Waals surface area (Å²) < 4.78 is 10.5. The molecule has 0 saturated carbocycles. The van der Waals surface area contributed by atoms with Crippen LogP contribution in [0, 0.1) is 10.1 Å². The zero-order valence-corrected chi connectivity index (χ0v) is 18.1. The van der Waals surface area contributed by atoms with Crippen molar-refractivity contribution in [3.63, 3.8) is 0 Å². The molecule has 0 radical (unpaired) electrons. The van der Waals surface area contributed by atoms with Gasteiger partial charge in [0, 0.05) is 47.3 Å². The number of hydrogen-bond donors (Lipinski definition) is 1. The standard InChI is InChI=1S/C23H22N2O7/c1-13(26)24-16-6-7-17-15(10-21(27)32-20(17)11-16)12-31-22(28)14-5-8-18(23(2,3)4)19(9-14)25(29)30/h5-11H,12H2,1-4H3,(H,24,26). The molecule has 0 atom stereocenters. The Morgan fingerprint density at radius 2 is 1.84 bits per heavy atom. The summed E-state index contributed by atoms with van der Waals surface area (Å²) >= 11 is 0. The molecular formula is C23H22N2O7. The van der Waals surface area contributed by atoms with Crippen LogP contribution in [0.1, 0.15) is 49.2 Å². The van der Waals surface area contributed by atoms with Crippen LogP contribution in [0.4, 0.5) is 11.4 Å². The summed E-state index contributed by atoms with van der Waals surface area (Å²) in [7, 11) is 0. The minimum absolute atomic E-state index is 0.0323. The van der Waals surface area contributed by atoms with Crippen molar-refractivity contribution in [2.45, 2.75) is 39.7 Å². The lowest BCUT2D eigenvalue weighted by Crippen LogP contribution is -2.15. The normalized spacial score (nSPS) is 11.2. The third-order valence-corrected chi connectivity index (χ3v) is 4.75. The lowest BCUT2D eigenvalue weighted by molar-refractivity contribution is -0.386. The average Bonchev–Trinajstić information content (AvgIpc) is 2.69. The molecule has 1 heterocycles. The molecule has 9 nitrogen and oxygen atoms in total. The Bertz CT molecular complexity index is 1290. The fraction of sp³-hybridized carbons (Fsp3) is 0.261. The fourth-order valence-electron chi connectivity index (χ4n) is 3.30. The van der Waals surface area contributed by atoms with Gasteiger partial charge in [0.15, 0.2) is 0 Å². The quantitative estimate of drug-likeness (QED) is 0.272. The first-order valence-corrected chi connectivity index (χ1v) is 9.76. The van der Waals surface area contributed by atoms with E-state index in [-0.39, 0.29) is 29.3 Å². The molecule has 0 unspecified atom stereocenters. The van der Waals surface area contributed by atoms with Crippen LogP contribution < -0.4 is 10.9 Å². The molecule has 0 aliphatic heterocycles. The van der Waals surface area contributed by atoms with Gasteiger partial charge in [-0.1, -0.05) is 26.8 Å². The van der Waals surface area contributed by atoms with E-state index in [0.717, 1.165) is 0 Å². The first-order chi connectivity index (χ1) is 15.0. The third kappa shape index (κ3) is 5.00. The zero-order chi connectivity index (χ0) is 23.6. The Balaban J connectivity index is 1.87. The Morgan fingerprint density at radius 1 is 1.12 bits per heavy atom. The average molecular weight is 438 g/mol. The fourth-order valence-corrected chi connectivity index (χ4v) is 3.30. The summed E-state index contributed by atoms with van der Waals surface area (Å²) in [6.07, 6.45) is 0. The van der Waals surface area contributed by atoms with Crippen molar-refractivity contribution < 1.29 is 23.7 Å². The van der Waals surface area contributed by atoms with Crippen LogP contribution in [0.15, 0.2) is 51.7 Å². The molecule has 3 rings (SSSR count). The maximum atomic E-state index is 12.6. The number of benzene rings is 2. The molecule has 1 N–H and O–H groups in total. The SMILES string of the molecule is CC(=O)Nc1ccc2c(COC(=O)c3ccc(C(C)(C)C)c([N+](=O)[O-])c3)cc(=O)oc2c1. The van der Waals surface area contributed by atoms with Crippen LogP contribution in [-0.2, 0) is 21.6 Å². The van der Waals surface area contributed by atoms with Gasteiger partial charge in [-0.3, -0.25) is 14.9 Å². The van der Waals surface area contributed by atoms with E-state index in [2.05, 4.69) is 5.32 Å². The smallest absolute Gasteiger partial charge is 0.338 e. The van der Waals surface area contributed by atoms with E-state index < -0.39 is 21.9 Å². The second-order valence-electron chi connectivity index (χ2n) is 8.30. The van der Waals surface area contributed by atoms with Crippen LogP contribution >= 0.6 is 0 Å². The van der Waals surface area contributed by atoms with Gasteiger partial charge in [0.05, 0.1) is 10.5 Å². The predicted octanol–water partition coefficient (Wildman–Crippen LogP) is 4.31. The van der Waals surface area contributed by atoms with Crippen molar-refractivity contribution in [2.75, 3.05) is 5.32 Å². The molecule has 0 saturated heterocycles. The van der Waals surface area contributed by atoms with Gasteiger partial charge in [-0.05, 0) is 23.6 Å². The number of ether oxygens (including phenoxy) is 1. The maximum absolute atomic E-state index is 12.6. The minimum Gasteiger partial charge on any atom is -0.457 e. The topological polar surface area (TPSA) is 129 Å². The van der Waals surface area contributed by atoms with Gasteiger partial charge in [0.1, 0.15) is 12.2 Å². The van der Waals surface area contributed by atoms with Crippen molar-refractivity contribution in [1.82, 2.24) is 0 Å². The number of nitro benzene ring substituents is 1. The van der Waals surface area contributed by atoms with Crippen LogP contribution in [0.5, 0.6) is 0 Å². The molecule has 2 aromatic carbocycles. The molecule has 1 aromatic heterocycles. The highest BCUT2D eigenvalue weighted by Crippen LogP contribution is 2.32. The zero-order valence-electron chi connectivity index (χ0n) is 18.1. The lowest BCUT2D eigenvalue weighted by Gasteiger charge is -2.19. The minimum atomic E-state index is -0.759. The number of hydrogen-bond acceptors (Lipinski definition) is 7.